The fourth-order valence-electron chi connectivity index (χ4n) is 1.97. The monoisotopic (exact) mass is 323 g/mol. The van der Waals surface area contributed by atoms with Crippen LogP contribution in [0.15, 0.2) is 67.3 Å². The lowest BCUT2D eigenvalue weighted by Crippen LogP contribution is -2.34. The molecule has 0 fully saturated rings. The molecule has 1 amide bonds. The van der Waals surface area contributed by atoms with Crippen LogP contribution in [-0.2, 0) is 0 Å². The zero-order valence-electron chi connectivity index (χ0n) is 12.0. The number of hydrogen-bond donors (Lipinski definition) is 2. The van der Waals surface area contributed by atoms with Crippen LogP contribution in [0.4, 0.5) is 5.69 Å². The highest BCUT2D eigenvalue weighted by molar-refractivity contribution is 7.80. The summed E-state index contributed by atoms with van der Waals surface area (Å²) in [5.74, 6) is -0.248. The Balaban J connectivity index is 1.61. The molecule has 0 atom stereocenters. The number of anilines is 1. The SMILES string of the molecule is O=C(NC(=S)Nc1ccc(-n2cncn2)cc1)c1ccccc1. The summed E-state index contributed by atoms with van der Waals surface area (Å²) in [5.41, 5.74) is 2.21. The summed E-state index contributed by atoms with van der Waals surface area (Å²) in [7, 11) is 0. The lowest BCUT2D eigenvalue weighted by molar-refractivity contribution is 0.0977. The maximum absolute atomic E-state index is 12.0. The minimum absolute atomic E-state index is 0.243. The van der Waals surface area contributed by atoms with Gasteiger partial charge in [-0.2, -0.15) is 5.10 Å². The van der Waals surface area contributed by atoms with Gasteiger partial charge in [-0.05, 0) is 48.6 Å². The first-order valence-corrected chi connectivity index (χ1v) is 7.25. The van der Waals surface area contributed by atoms with Gasteiger partial charge in [-0.15, -0.1) is 0 Å². The summed E-state index contributed by atoms with van der Waals surface area (Å²) in [4.78, 5) is 15.9. The Labute approximate surface area is 138 Å². The predicted molar refractivity (Wildman–Crippen MR) is 91.5 cm³/mol. The van der Waals surface area contributed by atoms with E-state index in [1.54, 1.807) is 35.3 Å². The number of carbonyl (C=O) groups is 1. The first-order chi connectivity index (χ1) is 11.2. The number of hydrogen-bond acceptors (Lipinski definition) is 4. The molecule has 0 aliphatic heterocycles. The van der Waals surface area contributed by atoms with E-state index in [4.69, 9.17) is 12.2 Å². The van der Waals surface area contributed by atoms with E-state index in [1.165, 1.54) is 6.33 Å². The van der Waals surface area contributed by atoms with Crippen molar-refractivity contribution in [1.29, 1.82) is 0 Å². The van der Waals surface area contributed by atoms with E-state index in [0.29, 0.717) is 5.56 Å². The third kappa shape index (κ3) is 3.78. The largest absolute Gasteiger partial charge is 0.332 e. The molecule has 114 valence electrons. The molecule has 3 rings (SSSR count). The molecule has 0 radical (unpaired) electrons. The molecule has 7 heteroatoms. The first kappa shape index (κ1) is 14.9. The van der Waals surface area contributed by atoms with Gasteiger partial charge in [0.05, 0.1) is 5.69 Å². The molecular formula is C16H13N5OS. The van der Waals surface area contributed by atoms with Gasteiger partial charge in [0.25, 0.3) is 5.91 Å². The molecule has 1 aromatic heterocycles. The van der Waals surface area contributed by atoms with Gasteiger partial charge in [-0.3, -0.25) is 10.1 Å². The van der Waals surface area contributed by atoms with Crippen LogP contribution >= 0.6 is 12.2 Å². The number of amides is 1. The second kappa shape index (κ2) is 6.80. The van der Waals surface area contributed by atoms with Crippen LogP contribution in [-0.4, -0.2) is 25.8 Å². The van der Waals surface area contributed by atoms with Crippen molar-refractivity contribution in [2.24, 2.45) is 0 Å². The number of benzene rings is 2. The van der Waals surface area contributed by atoms with E-state index in [2.05, 4.69) is 20.7 Å². The number of carbonyl (C=O) groups excluding carboxylic acids is 1. The van der Waals surface area contributed by atoms with E-state index >= 15 is 0 Å². The van der Waals surface area contributed by atoms with Crippen molar-refractivity contribution in [3.05, 3.63) is 72.8 Å². The Morgan fingerprint density at radius 1 is 1.04 bits per heavy atom. The number of nitrogens with zero attached hydrogens (tertiary/aromatic N) is 3. The van der Waals surface area contributed by atoms with Crippen LogP contribution in [0.1, 0.15) is 10.4 Å². The molecule has 0 aliphatic carbocycles. The quantitative estimate of drug-likeness (QED) is 0.724. The Kier molecular flexibility index (Phi) is 4.39. The van der Waals surface area contributed by atoms with Gasteiger partial charge in [0.1, 0.15) is 12.7 Å². The first-order valence-electron chi connectivity index (χ1n) is 6.85. The molecule has 0 saturated heterocycles. The molecule has 0 spiro atoms. The maximum Gasteiger partial charge on any atom is 0.257 e. The molecule has 0 unspecified atom stereocenters. The fraction of sp³-hybridized carbons (Fsp3) is 0. The standard InChI is InChI=1S/C16H13N5OS/c22-15(12-4-2-1-3-5-12)20-16(23)19-13-6-8-14(9-7-13)21-11-17-10-18-21/h1-11H,(H2,19,20,22,23). The second-order valence-electron chi connectivity index (χ2n) is 4.66. The van der Waals surface area contributed by atoms with Crippen LogP contribution in [0, 0.1) is 0 Å². The van der Waals surface area contributed by atoms with Crippen LogP contribution in [0.25, 0.3) is 5.69 Å². The van der Waals surface area contributed by atoms with Crippen molar-refractivity contribution >= 4 is 28.9 Å². The lowest BCUT2D eigenvalue weighted by Gasteiger charge is -2.10. The van der Waals surface area contributed by atoms with Crippen molar-refractivity contribution in [2.75, 3.05) is 5.32 Å². The van der Waals surface area contributed by atoms with E-state index in [9.17, 15) is 4.79 Å². The molecule has 1 heterocycles. The van der Waals surface area contributed by atoms with Gasteiger partial charge in [0.2, 0.25) is 0 Å². The summed E-state index contributed by atoms with van der Waals surface area (Å²) in [6, 6.07) is 16.3. The van der Waals surface area contributed by atoms with E-state index in [-0.39, 0.29) is 11.0 Å². The molecule has 0 saturated carbocycles. The van der Waals surface area contributed by atoms with Crippen molar-refractivity contribution < 1.29 is 4.79 Å². The minimum Gasteiger partial charge on any atom is -0.332 e. The van der Waals surface area contributed by atoms with Gasteiger partial charge >= 0.3 is 0 Å². The topological polar surface area (TPSA) is 71.8 Å². The van der Waals surface area contributed by atoms with Gasteiger partial charge in [-0.1, -0.05) is 18.2 Å². The molecule has 0 aliphatic rings. The Hall–Kier alpha value is -3.06. The maximum atomic E-state index is 12.0. The van der Waals surface area contributed by atoms with Crippen molar-refractivity contribution in [1.82, 2.24) is 20.1 Å². The molecule has 6 nitrogen and oxygen atoms in total. The smallest absolute Gasteiger partial charge is 0.257 e. The van der Waals surface area contributed by atoms with Gasteiger partial charge in [-0.25, -0.2) is 9.67 Å². The second-order valence-corrected chi connectivity index (χ2v) is 5.07. The van der Waals surface area contributed by atoms with Gasteiger partial charge < -0.3 is 5.32 Å². The lowest BCUT2D eigenvalue weighted by atomic mass is 10.2. The number of thiocarbonyl (C=S) groups is 1. The Morgan fingerprint density at radius 2 is 1.78 bits per heavy atom. The zero-order chi connectivity index (χ0) is 16.1. The molecule has 2 aromatic carbocycles. The summed E-state index contributed by atoms with van der Waals surface area (Å²) < 4.78 is 1.65. The normalized spacial score (nSPS) is 10.1. The highest BCUT2D eigenvalue weighted by Crippen LogP contribution is 2.12. The Bertz CT molecular complexity index is 800. The summed E-state index contributed by atoms with van der Waals surface area (Å²) in [6.45, 7) is 0. The molecule has 23 heavy (non-hydrogen) atoms. The van der Waals surface area contributed by atoms with Crippen LogP contribution in [0.2, 0.25) is 0 Å². The molecular weight excluding hydrogens is 310 g/mol. The fourth-order valence-corrected chi connectivity index (χ4v) is 2.18. The van der Waals surface area contributed by atoms with Crippen molar-refractivity contribution in [3.8, 4) is 5.69 Å². The average molecular weight is 323 g/mol. The highest BCUT2D eigenvalue weighted by atomic mass is 32.1. The zero-order valence-corrected chi connectivity index (χ0v) is 12.8. The highest BCUT2D eigenvalue weighted by Gasteiger charge is 2.07. The average Bonchev–Trinajstić information content (AvgIpc) is 3.11. The third-order valence-electron chi connectivity index (χ3n) is 3.07. The molecule has 2 N–H and O–H groups in total. The number of rotatable bonds is 3. The third-order valence-corrected chi connectivity index (χ3v) is 3.28. The summed E-state index contributed by atoms with van der Waals surface area (Å²) in [6.07, 6.45) is 3.09. The van der Waals surface area contributed by atoms with Crippen LogP contribution in [0.5, 0.6) is 0 Å². The number of aromatic nitrogens is 3. The van der Waals surface area contributed by atoms with E-state index in [1.807, 2.05) is 30.3 Å². The van der Waals surface area contributed by atoms with E-state index in [0.717, 1.165) is 11.4 Å². The number of nitrogens with one attached hydrogen (secondary N) is 2. The summed E-state index contributed by atoms with van der Waals surface area (Å²) >= 11 is 5.15. The van der Waals surface area contributed by atoms with Crippen LogP contribution in [0.3, 0.4) is 0 Å². The minimum atomic E-state index is -0.248. The summed E-state index contributed by atoms with van der Waals surface area (Å²) in [5, 5.41) is 9.91. The predicted octanol–water partition coefficient (Wildman–Crippen LogP) is 2.39. The molecule has 3 aromatic rings. The Morgan fingerprint density at radius 3 is 2.43 bits per heavy atom. The van der Waals surface area contributed by atoms with Gasteiger partial charge in [0.15, 0.2) is 5.11 Å². The van der Waals surface area contributed by atoms with E-state index < -0.39 is 0 Å². The van der Waals surface area contributed by atoms with Crippen molar-refractivity contribution in [2.45, 2.75) is 0 Å². The van der Waals surface area contributed by atoms with Crippen LogP contribution < -0.4 is 10.6 Å². The van der Waals surface area contributed by atoms with Crippen molar-refractivity contribution in [3.63, 3.8) is 0 Å². The van der Waals surface area contributed by atoms with Gasteiger partial charge in [0, 0.05) is 11.3 Å². The molecule has 0 bridgehead atoms.